The number of halogens is 1. The fourth-order valence-electron chi connectivity index (χ4n) is 1.62. The molecule has 1 amide bonds. The van der Waals surface area contributed by atoms with Crippen molar-refractivity contribution in [3.8, 4) is 5.75 Å². The second-order valence-electron chi connectivity index (χ2n) is 4.35. The van der Waals surface area contributed by atoms with E-state index in [2.05, 4.69) is 10.3 Å². The third-order valence-corrected chi connectivity index (χ3v) is 3.00. The minimum absolute atomic E-state index is 0.0613. The van der Waals surface area contributed by atoms with Crippen molar-refractivity contribution in [1.82, 2.24) is 10.3 Å². The van der Waals surface area contributed by atoms with E-state index in [1.807, 2.05) is 25.1 Å². The highest BCUT2D eigenvalue weighted by Crippen LogP contribution is 2.24. The van der Waals surface area contributed by atoms with Gasteiger partial charge in [-0.3, -0.25) is 9.78 Å². The summed E-state index contributed by atoms with van der Waals surface area (Å²) in [6.45, 7) is 2.33. The molecule has 0 aliphatic carbocycles. The van der Waals surface area contributed by atoms with Crippen LogP contribution < -0.4 is 10.1 Å². The Labute approximate surface area is 122 Å². The SMILES string of the molecule is Cc1ccc(Cl)c(OCC(=O)NCc2ccncc2)c1. The number of aryl methyl sites for hydroxylation is 1. The van der Waals surface area contributed by atoms with Crippen LogP contribution >= 0.6 is 11.6 Å². The van der Waals surface area contributed by atoms with Gasteiger partial charge in [0, 0.05) is 18.9 Å². The lowest BCUT2D eigenvalue weighted by molar-refractivity contribution is -0.123. The molecule has 104 valence electrons. The molecule has 0 aliphatic rings. The second kappa shape index (κ2) is 6.91. The molecule has 0 atom stereocenters. The van der Waals surface area contributed by atoms with Gasteiger partial charge in [-0.05, 0) is 42.3 Å². The molecule has 1 aromatic carbocycles. The molecule has 0 bridgehead atoms. The first-order chi connectivity index (χ1) is 9.65. The largest absolute Gasteiger partial charge is 0.482 e. The van der Waals surface area contributed by atoms with Crippen molar-refractivity contribution in [2.75, 3.05) is 6.61 Å². The number of hydrogen-bond donors (Lipinski definition) is 1. The number of hydrogen-bond acceptors (Lipinski definition) is 3. The number of nitrogens with one attached hydrogen (secondary N) is 1. The smallest absolute Gasteiger partial charge is 0.258 e. The monoisotopic (exact) mass is 290 g/mol. The van der Waals surface area contributed by atoms with E-state index >= 15 is 0 Å². The Bertz CT molecular complexity index is 588. The highest BCUT2D eigenvalue weighted by Gasteiger charge is 2.06. The van der Waals surface area contributed by atoms with Gasteiger partial charge in [0.15, 0.2) is 6.61 Å². The molecule has 0 fully saturated rings. The number of benzene rings is 1. The molecule has 1 aromatic heterocycles. The summed E-state index contributed by atoms with van der Waals surface area (Å²) in [6.07, 6.45) is 3.37. The summed E-state index contributed by atoms with van der Waals surface area (Å²) in [5.41, 5.74) is 2.02. The molecule has 0 aliphatic heterocycles. The molecule has 2 rings (SSSR count). The van der Waals surface area contributed by atoms with E-state index < -0.39 is 0 Å². The molecule has 2 aromatic rings. The lowest BCUT2D eigenvalue weighted by Crippen LogP contribution is -2.28. The highest BCUT2D eigenvalue weighted by molar-refractivity contribution is 6.32. The van der Waals surface area contributed by atoms with Crippen LogP contribution in [-0.4, -0.2) is 17.5 Å². The summed E-state index contributed by atoms with van der Waals surface area (Å²) in [6, 6.07) is 9.13. The fraction of sp³-hybridized carbons (Fsp3) is 0.200. The van der Waals surface area contributed by atoms with Gasteiger partial charge in [-0.15, -0.1) is 0 Å². The van der Waals surface area contributed by atoms with E-state index in [0.29, 0.717) is 17.3 Å². The quantitative estimate of drug-likeness (QED) is 0.921. The van der Waals surface area contributed by atoms with Crippen LogP contribution in [0.4, 0.5) is 0 Å². The minimum Gasteiger partial charge on any atom is -0.482 e. The zero-order valence-electron chi connectivity index (χ0n) is 11.1. The first kappa shape index (κ1) is 14.3. The van der Waals surface area contributed by atoms with Crippen molar-refractivity contribution in [2.24, 2.45) is 0 Å². The molecule has 0 saturated carbocycles. The van der Waals surface area contributed by atoms with Crippen molar-refractivity contribution < 1.29 is 9.53 Å². The predicted molar refractivity (Wildman–Crippen MR) is 77.8 cm³/mol. The van der Waals surface area contributed by atoms with Gasteiger partial charge in [-0.2, -0.15) is 0 Å². The van der Waals surface area contributed by atoms with Gasteiger partial charge in [0.1, 0.15) is 5.75 Å². The Balaban J connectivity index is 1.82. The molecular formula is C15H15ClN2O2. The van der Waals surface area contributed by atoms with E-state index in [1.54, 1.807) is 24.5 Å². The maximum atomic E-state index is 11.7. The second-order valence-corrected chi connectivity index (χ2v) is 4.76. The molecule has 5 heteroatoms. The number of pyridine rings is 1. The number of carbonyl (C=O) groups is 1. The standard InChI is InChI=1S/C15H15ClN2O2/c1-11-2-3-13(16)14(8-11)20-10-15(19)18-9-12-4-6-17-7-5-12/h2-8H,9-10H2,1H3,(H,18,19). The average Bonchev–Trinajstić information content (AvgIpc) is 2.47. The van der Waals surface area contributed by atoms with Gasteiger partial charge in [-0.1, -0.05) is 17.7 Å². The number of rotatable bonds is 5. The zero-order chi connectivity index (χ0) is 14.4. The molecule has 4 nitrogen and oxygen atoms in total. The van der Waals surface area contributed by atoms with Gasteiger partial charge in [0.2, 0.25) is 0 Å². The summed E-state index contributed by atoms with van der Waals surface area (Å²) >= 11 is 5.99. The van der Waals surface area contributed by atoms with Gasteiger partial charge in [0.05, 0.1) is 5.02 Å². The molecule has 0 unspecified atom stereocenters. The van der Waals surface area contributed by atoms with Crippen molar-refractivity contribution >= 4 is 17.5 Å². The fourth-order valence-corrected chi connectivity index (χ4v) is 1.79. The topological polar surface area (TPSA) is 51.2 Å². The number of amides is 1. The van der Waals surface area contributed by atoms with Crippen LogP contribution in [0.25, 0.3) is 0 Å². The average molecular weight is 291 g/mol. The third kappa shape index (κ3) is 4.24. The van der Waals surface area contributed by atoms with Gasteiger partial charge in [0.25, 0.3) is 5.91 Å². The first-order valence-corrected chi connectivity index (χ1v) is 6.57. The number of carbonyl (C=O) groups excluding carboxylic acids is 1. The molecule has 1 heterocycles. The van der Waals surface area contributed by atoms with Crippen LogP contribution in [0.1, 0.15) is 11.1 Å². The van der Waals surface area contributed by atoms with Crippen LogP contribution in [0.15, 0.2) is 42.7 Å². The van der Waals surface area contributed by atoms with E-state index in [-0.39, 0.29) is 12.5 Å². The lowest BCUT2D eigenvalue weighted by atomic mass is 10.2. The number of ether oxygens (including phenoxy) is 1. The Kier molecular flexibility index (Phi) is 4.96. The number of nitrogens with zero attached hydrogens (tertiary/aromatic N) is 1. The van der Waals surface area contributed by atoms with Crippen LogP contribution in [0.3, 0.4) is 0 Å². The normalized spacial score (nSPS) is 10.1. The Hall–Kier alpha value is -2.07. The number of aromatic nitrogens is 1. The summed E-state index contributed by atoms with van der Waals surface area (Å²) in [4.78, 5) is 15.6. The Morgan fingerprint density at radius 3 is 2.80 bits per heavy atom. The molecular weight excluding hydrogens is 276 g/mol. The van der Waals surface area contributed by atoms with E-state index in [4.69, 9.17) is 16.3 Å². The maximum Gasteiger partial charge on any atom is 0.258 e. The predicted octanol–water partition coefficient (Wildman–Crippen LogP) is 2.74. The van der Waals surface area contributed by atoms with Gasteiger partial charge >= 0.3 is 0 Å². The van der Waals surface area contributed by atoms with E-state index in [9.17, 15) is 4.79 Å². The Morgan fingerprint density at radius 1 is 1.30 bits per heavy atom. The Morgan fingerprint density at radius 2 is 2.05 bits per heavy atom. The molecule has 0 radical (unpaired) electrons. The van der Waals surface area contributed by atoms with Crippen molar-refractivity contribution in [3.63, 3.8) is 0 Å². The molecule has 0 spiro atoms. The maximum absolute atomic E-state index is 11.7. The molecule has 0 saturated heterocycles. The third-order valence-electron chi connectivity index (χ3n) is 2.68. The van der Waals surface area contributed by atoms with Gasteiger partial charge in [-0.25, -0.2) is 0 Å². The zero-order valence-corrected chi connectivity index (χ0v) is 11.9. The van der Waals surface area contributed by atoms with Crippen LogP contribution in [0.2, 0.25) is 5.02 Å². The van der Waals surface area contributed by atoms with E-state index in [0.717, 1.165) is 11.1 Å². The first-order valence-electron chi connectivity index (χ1n) is 6.20. The lowest BCUT2D eigenvalue weighted by Gasteiger charge is -2.09. The van der Waals surface area contributed by atoms with Crippen molar-refractivity contribution in [3.05, 3.63) is 58.9 Å². The molecule has 1 N–H and O–H groups in total. The highest BCUT2D eigenvalue weighted by atomic mass is 35.5. The summed E-state index contributed by atoms with van der Waals surface area (Å²) in [7, 11) is 0. The van der Waals surface area contributed by atoms with Crippen LogP contribution in [-0.2, 0) is 11.3 Å². The summed E-state index contributed by atoms with van der Waals surface area (Å²) < 4.78 is 5.41. The minimum atomic E-state index is -0.195. The van der Waals surface area contributed by atoms with Crippen molar-refractivity contribution in [2.45, 2.75) is 13.5 Å². The van der Waals surface area contributed by atoms with Crippen LogP contribution in [0.5, 0.6) is 5.75 Å². The summed E-state index contributed by atoms with van der Waals surface area (Å²) in [5, 5.41) is 3.27. The summed E-state index contributed by atoms with van der Waals surface area (Å²) in [5.74, 6) is 0.324. The molecule has 20 heavy (non-hydrogen) atoms. The van der Waals surface area contributed by atoms with Crippen LogP contribution in [0, 0.1) is 6.92 Å². The van der Waals surface area contributed by atoms with E-state index in [1.165, 1.54) is 0 Å². The van der Waals surface area contributed by atoms with Gasteiger partial charge < -0.3 is 10.1 Å². The van der Waals surface area contributed by atoms with Crippen molar-refractivity contribution in [1.29, 1.82) is 0 Å².